The van der Waals surface area contributed by atoms with Crippen LogP contribution in [0.2, 0.25) is 0 Å². The molecule has 0 aromatic heterocycles. The van der Waals surface area contributed by atoms with Gasteiger partial charge in [-0.3, -0.25) is 9.63 Å². The summed E-state index contributed by atoms with van der Waals surface area (Å²) in [5, 5.41) is 1.20. The van der Waals surface area contributed by atoms with Crippen LogP contribution in [0.15, 0.2) is 0 Å². The Morgan fingerprint density at radius 2 is 1.89 bits per heavy atom. The van der Waals surface area contributed by atoms with E-state index in [0.29, 0.717) is 19.5 Å². The molecular formula is C12H22N2O4. The molecule has 0 aromatic carbocycles. The third kappa shape index (κ3) is 4.18. The zero-order valence-electron chi connectivity index (χ0n) is 11.7. The summed E-state index contributed by atoms with van der Waals surface area (Å²) < 4.78 is 5.23. The van der Waals surface area contributed by atoms with Crippen molar-refractivity contribution >= 4 is 12.0 Å². The first-order valence-corrected chi connectivity index (χ1v) is 6.01. The van der Waals surface area contributed by atoms with Crippen molar-refractivity contribution in [3.8, 4) is 0 Å². The molecule has 0 aromatic rings. The van der Waals surface area contributed by atoms with Gasteiger partial charge in [-0.25, -0.2) is 9.86 Å². The maximum atomic E-state index is 11.6. The van der Waals surface area contributed by atoms with Crippen molar-refractivity contribution in [2.24, 2.45) is 5.92 Å². The number of amides is 2. The summed E-state index contributed by atoms with van der Waals surface area (Å²) in [6.07, 6.45) is 0.0789. The Labute approximate surface area is 108 Å². The van der Waals surface area contributed by atoms with Gasteiger partial charge in [-0.15, -0.1) is 0 Å². The highest BCUT2D eigenvalue weighted by molar-refractivity contribution is 5.76. The number of nitrogens with zero attached hydrogens (tertiary/aromatic N) is 2. The predicted molar refractivity (Wildman–Crippen MR) is 65.7 cm³/mol. The van der Waals surface area contributed by atoms with Gasteiger partial charge in [-0.05, 0) is 20.8 Å². The Hall–Kier alpha value is -1.30. The van der Waals surface area contributed by atoms with Crippen LogP contribution >= 0.6 is 0 Å². The Morgan fingerprint density at radius 1 is 1.33 bits per heavy atom. The van der Waals surface area contributed by atoms with E-state index in [1.807, 2.05) is 20.8 Å². The minimum Gasteiger partial charge on any atom is -0.444 e. The van der Waals surface area contributed by atoms with E-state index < -0.39 is 5.60 Å². The molecule has 1 saturated heterocycles. The summed E-state index contributed by atoms with van der Waals surface area (Å²) in [4.78, 5) is 29.6. The first-order valence-electron chi connectivity index (χ1n) is 6.01. The fraction of sp³-hybridized carbons (Fsp3) is 0.833. The van der Waals surface area contributed by atoms with E-state index >= 15 is 0 Å². The fourth-order valence-electron chi connectivity index (χ4n) is 1.65. The molecule has 1 rings (SSSR count). The molecule has 0 spiro atoms. The Morgan fingerprint density at radius 3 is 2.33 bits per heavy atom. The predicted octanol–water partition coefficient (Wildman–Crippen LogP) is 1.26. The van der Waals surface area contributed by atoms with E-state index in [1.54, 1.807) is 11.9 Å². The average Bonchev–Trinajstić information content (AvgIpc) is 2.18. The standard InChI is InChI=1S/C12H22N2O4/c1-12(2,3)18-11(16)14-7-9(8-14)6-10(15)13(4)17-5/h9H,6-8H2,1-5H3. The van der Waals surface area contributed by atoms with E-state index in [0.717, 1.165) is 0 Å². The molecule has 0 radical (unpaired) electrons. The molecule has 1 aliphatic rings. The maximum Gasteiger partial charge on any atom is 0.410 e. The molecule has 0 bridgehead atoms. The Bertz CT molecular complexity index is 319. The minimum atomic E-state index is -0.478. The first kappa shape index (κ1) is 14.8. The van der Waals surface area contributed by atoms with Crippen molar-refractivity contribution in [2.75, 3.05) is 27.2 Å². The number of carbonyl (C=O) groups excluding carboxylic acids is 2. The van der Waals surface area contributed by atoms with E-state index in [4.69, 9.17) is 9.57 Å². The van der Waals surface area contributed by atoms with Crippen molar-refractivity contribution in [1.82, 2.24) is 9.96 Å². The first-order chi connectivity index (χ1) is 8.23. The Balaban J connectivity index is 2.28. The zero-order valence-corrected chi connectivity index (χ0v) is 11.7. The molecule has 0 saturated carbocycles. The number of likely N-dealkylation sites (tertiary alicyclic amines) is 1. The molecule has 0 atom stereocenters. The maximum absolute atomic E-state index is 11.6. The van der Waals surface area contributed by atoms with Gasteiger partial charge >= 0.3 is 6.09 Å². The highest BCUT2D eigenvalue weighted by Gasteiger charge is 2.35. The van der Waals surface area contributed by atoms with Gasteiger partial charge in [0.05, 0.1) is 7.11 Å². The third-order valence-corrected chi connectivity index (χ3v) is 2.70. The number of carbonyl (C=O) groups is 2. The topological polar surface area (TPSA) is 59.1 Å². The normalized spacial score (nSPS) is 16.2. The van der Waals surface area contributed by atoms with Gasteiger partial charge < -0.3 is 9.64 Å². The SMILES string of the molecule is CON(C)C(=O)CC1CN(C(=O)OC(C)(C)C)C1. The largest absolute Gasteiger partial charge is 0.444 e. The number of rotatable bonds is 3. The molecule has 0 unspecified atom stereocenters. The molecule has 1 aliphatic heterocycles. The van der Waals surface area contributed by atoms with Crippen LogP contribution in [-0.4, -0.2) is 54.8 Å². The summed E-state index contributed by atoms with van der Waals surface area (Å²) in [6, 6.07) is 0. The molecule has 18 heavy (non-hydrogen) atoms. The molecule has 1 heterocycles. The summed E-state index contributed by atoms with van der Waals surface area (Å²) in [5.74, 6) is 0.119. The van der Waals surface area contributed by atoms with Gasteiger partial charge in [0.25, 0.3) is 0 Å². The second-order valence-corrected chi connectivity index (χ2v) is 5.53. The lowest BCUT2D eigenvalue weighted by atomic mass is 9.96. The van der Waals surface area contributed by atoms with E-state index in [9.17, 15) is 9.59 Å². The van der Waals surface area contributed by atoms with Crippen LogP contribution in [0.1, 0.15) is 27.2 Å². The van der Waals surface area contributed by atoms with Gasteiger partial charge in [-0.1, -0.05) is 0 Å². The van der Waals surface area contributed by atoms with E-state index in [-0.39, 0.29) is 17.9 Å². The van der Waals surface area contributed by atoms with Crippen LogP contribution in [0.25, 0.3) is 0 Å². The van der Waals surface area contributed by atoms with Crippen molar-refractivity contribution < 1.29 is 19.2 Å². The molecule has 6 heteroatoms. The summed E-state index contributed by atoms with van der Waals surface area (Å²) in [6.45, 7) is 6.63. The second-order valence-electron chi connectivity index (χ2n) is 5.53. The van der Waals surface area contributed by atoms with Crippen LogP contribution < -0.4 is 0 Å². The van der Waals surface area contributed by atoms with Gasteiger partial charge in [0, 0.05) is 32.5 Å². The number of hydrogen-bond donors (Lipinski definition) is 0. The molecular weight excluding hydrogens is 236 g/mol. The van der Waals surface area contributed by atoms with Gasteiger partial charge in [-0.2, -0.15) is 0 Å². The van der Waals surface area contributed by atoms with Crippen molar-refractivity contribution in [3.05, 3.63) is 0 Å². The third-order valence-electron chi connectivity index (χ3n) is 2.70. The lowest BCUT2D eigenvalue weighted by Gasteiger charge is -2.39. The highest BCUT2D eigenvalue weighted by atomic mass is 16.7. The molecule has 104 valence electrons. The van der Waals surface area contributed by atoms with Crippen LogP contribution in [0, 0.1) is 5.92 Å². The van der Waals surface area contributed by atoms with Crippen molar-refractivity contribution in [2.45, 2.75) is 32.8 Å². The van der Waals surface area contributed by atoms with Gasteiger partial charge in [0.15, 0.2) is 0 Å². The number of ether oxygens (including phenoxy) is 1. The Kier molecular flexibility index (Phi) is 4.56. The molecule has 0 N–H and O–H groups in total. The zero-order chi connectivity index (χ0) is 13.9. The fourth-order valence-corrected chi connectivity index (χ4v) is 1.65. The monoisotopic (exact) mass is 258 g/mol. The number of hydrogen-bond acceptors (Lipinski definition) is 4. The van der Waals surface area contributed by atoms with Crippen LogP contribution in [-0.2, 0) is 14.4 Å². The molecule has 1 fully saturated rings. The highest BCUT2D eigenvalue weighted by Crippen LogP contribution is 2.22. The van der Waals surface area contributed by atoms with E-state index in [2.05, 4.69) is 0 Å². The minimum absolute atomic E-state index is 0.0775. The lowest BCUT2D eigenvalue weighted by molar-refractivity contribution is -0.170. The number of hydroxylamine groups is 2. The smallest absolute Gasteiger partial charge is 0.410 e. The summed E-state index contributed by atoms with van der Waals surface area (Å²) >= 11 is 0. The quantitative estimate of drug-likeness (QED) is 0.715. The van der Waals surface area contributed by atoms with Gasteiger partial charge in [0.2, 0.25) is 5.91 Å². The van der Waals surface area contributed by atoms with Crippen molar-refractivity contribution in [1.29, 1.82) is 0 Å². The molecule has 2 amide bonds. The summed E-state index contributed by atoms with van der Waals surface area (Å²) in [5.41, 5.74) is -0.478. The van der Waals surface area contributed by atoms with Crippen LogP contribution in [0.3, 0.4) is 0 Å². The second kappa shape index (κ2) is 5.56. The van der Waals surface area contributed by atoms with Crippen LogP contribution in [0.5, 0.6) is 0 Å². The molecule has 0 aliphatic carbocycles. The van der Waals surface area contributed by atoms with Crippen molar-refractivity contribution in [3.63, 3.8) is 0 Å². The van der Waals surface area contributed by atoms with Gasteiger partial charge in [0.1, 0.15) is 5.60 Å². The van der Waals surface area contributed by atoms with Crippen LogP contribution in [0.4, 0.5) is 4.79 Å². The molecule has 6 nitrogen and oxygen atoms in total. The van der Waals surface area contributed by atoms with E-state index in [1.165, 1.54) is 12.2 Å². The summed E-state index contributed by atoms with van der Waals surface area (Å²) in [7, 11) is 3.03. The lowest BCUT2D eigenvalue weighted by Crippen LogP contribution is -2.52. The average molecular weight is 258 g/mol.